The Balaban J connectivity index is 0.00000180. The van der Waals surface area contributed by atoms with Crippen molar-refractivity contribution in [3.05, 3.63) is 29.8 Å². The van der Waals surface area contributed by atoms with Gasteiger partial charge in [0.2, 0.25) is 0 Å². The van der Waals surface area contributed by atoms with Gasteiger partial charge in [-0.15, -0.1) is 12.4 Å². The molecule has 7 heteroatoms. The Hall–Kier alpha value is -1.01. The fraction of sp³-hybridized carbons (Fsp3) is 0.500. The van der Waals surface area contributed by atoms with E-state index in [0.717, 1.165) is 12.8 Å². The molecule has 0 unspecified atom stereocenters. The quantitative estimate of drug-likeness (QED) is 0.840. The summed E-state index contributed by atoms with van der Waals surface area (Å²) >= 11 is 0. The molecule has 0 saturated heterocycles. The molecule has 2 N–H and O–H groups in total. The third kappa shape index (κ3) is 3.98. The predicted octanol–water partition coefficient (Wildman–Crippen LogP) is 3.75. The summed E-state index contributed by atoms with van der Waals surface area (Å²) in [5.74, 6) is 0.0461. The van der Waals surface area contributed by atoms with E-state index in [2.05, 4.69) is 4.74 Å². The van der Waals surface area contributed by atoms with E-state index in [1.807, 2.05) is 0 Å². The Morgan fingerprint density at radius 2 is 1.89 bits per heavy atom. The molecule has 2 nitrogen and oxygen atoms in total. The van der Waals surface area contributed by atoms with Crippen LogP contribution in [0.25, 0.3) is 0 Å². The van der Waals surface area contributed by atoms with Gasteiger partial charge in [0.1, 0.15) is 5.75 Å². The average molecular weight is 300 g/mol. The fourth-order valence-corrected chi connectivity index (χ4v) is 1.71. The van der Waals surface area contributed by atoms with Crippen molar-refractivity contribution in [1.29, 1.82) is 0 Å². The molecule has 1 aliphatic carbocycles. The molecule has 1 aromatic carbocycles. The Morgan fingerprint density at radius 1 is 1.26 bits per heavy atom. The number of nitrogens with two attached hydrogens (primary N) is 1. The van der Waals surface area contributed by atoms with Gasteiger partial charge in [-0.05, 0) is 36.5 Å². The lowest BCUT2D eigenvalue weighted by atomic mass is 10.0. The minimum atomic E-state index is -4.48. The molecule has 0 spiro atoms. The maximum absolute atomic E-state index is 12.7. The highest BCUT2D eigenvalue weighted by Gasteiger charge is 2.44. The first kappa shape index (κ1) is 16.0. The number of hydrogen-bond donors (Lipinski definition) is 1. The van der Waals surface area contributed by atoms with E-state index in [4.69, 9.17) is 5.73 Å². The van der Waals surface area contributed by atoms with Crippen molar-refractivity contribution in [2.45, 2.75) is 31.4 Å². The van der Waals surface area contributed by atoms with Crippen LogP contribution in [0.5, 0.6) is 5.75 Å². The van der Waals surface area contributed by atoms with E-state index in [0.29, 0.717) is 11.5 Å². The summed E-state index contributed by atoms with van der Waals surface area (Å²) in [7, 11) is 0. The minimum Gasteiger partial charge on any atom is -0.428 e. The largest absolute Gasteiger partial charge is 0.461 e. The smallest absolute Gasteiger partial charge is 0.428 e. The van der Waals surface area contributed by atoms with Crippen molar-refractivity contribution in [3.63, 3.8) is 0 Å². The summed E-state index contributed by atoms with van der Waals surface area (Å²) in [5, 5.41) is 0. The summed E-state index contributed by atoms with van der Waals surface area (Å²) in [4.78, 5) is 0. The number of alkyl halides is 4. The van der Waals surface area contributed by atoms with Gasteiger partial charge in [0.05, 0.1) is 0 Å². The van der Waals surface area contributed by atoms with Gasteiger partial charge in [0.25, 0.3) is 0 Å². The molecule has 19 heavy (non-hydrogen) atoms. The molecule has 1 fully saturated rings. The van der Waals surface area contributed by atoms with E-state index >= 15 is 0 Å². The standard InChI is InChI=1S/C12H13F4NO.ClH/c13-11(14)12(15,16)18-9-3-1-2-8(6-9)10(17)7-4-5-7;/h1-3,6-7,10-11H,4-5,17H2;1H/t10-;/m1./s1. The van der Waals surface area contributed by atoms with Crippen LogP contribution in [0.1, 0.15) is 24.4 Å². The Bertz CT molecular complexity index is 426. The molecule has 1 atom stereocenters. The van der Waals surface area contributed by atoms with Gasteiger partial charge >= 0.3 is 12.5 Å². The molecule has 0 heterocycles. The van der Waals surface area contributed by atoms with Crippen molar-refractivity contribution in [1.82, 2.24) is 0 Å². The Labute approximate surface area is 114 Å². The van der Waals surface area contributed by atoms with Crippen molar-refractivity contribution < 1.29 is 22.3 Å². The monoisotopic (exact) mass is 299 g/mol. The first-order valence-corrected chi connectivity index (χ1v) is 5.60. The van der Waals surface area contributed by atoms with E-state index in [1.54, 1.807) is 6.07 Å². The molecular weight excluding hydrogens is 286 g/mol. The van der Waals surface area contributed by atoms with Crippen LogP contribution in [0.15, 0.2) is 24.3 Å². The van der Waals surface area contributed by atoms with Crippen molar-refractivity contribution in [2.24, 2.45) is 11.7 Å². The van der Waals surface area contributed by atoms with Crippen molar-refractivity contribution in [3.8, 4) is 5.75 Å². The summed E-state index contributed by atoms with van der Waals surface area (Å²) in [6.45, 7) is 0. The van der Waals surface area contributed by atoms with Crippen LogP contribution in [-0.2, 0) is 0 Å². The van der Waals surface area contributed by atoms with Crippen LogP contribution in [0, 0.1) is 5.92 Å². The summed E-state index contributed by atoms with van der Waals surface area (Å²) in [6, 6.07) is 5.39. The van der Waals surface area contributed by atoms with Gasteiger partial charge < -0.3 is 10.5 Å². The van der Waals surface area contributed by atoms with E-state index in [1.165, 1.54) is 18.2 Å². The topological polar surface area (TPSA) is 35.2 Å². The van der Waals surface area contributed by atoms with Crippen LogP contribution < -0.4 is 10.5 Å². The van der Waals surface area contributed by atoms with Crippen molar-refractivity contribution in [2.75, 3.05) is 0 Å². The second-order valence-corrected chi connectivity index (χ2v) is 4.40. The lowest BCUT2D eigenvalue weighted by Gasteiger charge is -2.18. The highest BCUT2D eigenvalue weighted by atomic mass is 35.5. The fourth-order valence-electron chi connectivity index (χ4n) is 1.71. The van der Waals surface area contributed by atoms with Crippen LogP contribution in [0.2, 0.25) is 0 Å². The molecule has 0 aliphatic heterocycles. The molecule has 0 bridgehead atoms. The predicted molar refractivity (Wildman–Crippen MR) is 64.9 cm³/mol. The van der Waals surface area contributed by atoms with Gasteiger partial charge in [-0.2, -0.15) is 17.6 Å². The summed E-state index contributed by atoms with van der Waals surface area (Å²) in [6.07, 6.45) is -6.35. The van der Waals surface area contributed by atoms with Gasteiger partial charge in [0.15, 0.2) is 0 Å². The Kier molecular flexibility index (Phi) is 5.04. The SMILES string of the molecule is Cl.N[C@@H](c1cccc(OC(F)(F)C(F)F)c1)C1CC1. The van der Waals surface area contributed by atoms with Crippen molar-refractivity contribution >= 4 is 12.4 Å². The van der Waals surface area contributed by atoms with Crippen LogP contribution >= 0.6 is 12.4 Å². The van der Waals surface area contributed by atoms with Crippen LogP contribution in [0.3, 0.4) is 0 Å². The van der Waals surface area contributed by atoms with Gasteiger partial charge in [0, 0.05) is 6.04 Å². The molecule has 1 saturated carbocycles. The third-order valence-corrected chi connectivity index (χ3v) is 2.88. The number of benzene rings is 1. The molecule has 0 amide bonds. The molecule has 1 aromatic rings. The average Bonchev–Trinajstić information content (AvgIpc) is 3.11. The molecule has 1 aliphatic rings. The van der Waals surface area contributed by atoms with Gasteiger partial charge in [-0.1, -0.05) is 12.1 Å². The molecule has 108 valence electrons. The van der Waals surface area contributed by atoms with E-state index in [-0.39, 0.29) is 24.2 Å². The number of rotatable bonds is 5. The molecule has 0 aromatic heterocycles. The number of ether oxygens (including phenoxy) is 1. The van der Waals surface area contributed by atoms with E-state index < -0.39 is 12.5 Å². The van der Waals surface area contributed by atoms with Gasteiger partial charge in [-0.25, -0.2) is 0 Å². The number of halogens is 5. The summed E-state index contributed by atoms with van der Waals surface area (Å²) < 4.78 is 53.5. The Morgan fingerprint density at radius 3 is 2.42 bits per heavy atom. The van der Waals surface area contributed by atoms with Crippen LogP contribution in [-0.4, -0.2) is 12.5 Å². The summed E-state index contributed by atoms with van der Waals surface area (Å²) in [5.41, 5.74) is 6.53. The molecule has 2 rings (SSSR count). The molecule has 0 radical (unpaired) electrons. The van der Waals surface area contributed by atoms with E-state index in [9.17, 15) is 17.6 Å². The number of hydrogen-bond acceptors (Lipinski definition) is 2. The second kappa shape index (κ2) is 5.96. The lowest BCUT2D eigenvalue weighted by molar-refractivity contribution is -0.253. The highest BCUT2D eigenvalue weighted by molar-refractivity contribution is 5.85. The zero-order chi connectivity index (χ0) is 13.3. The highest BCUT2D eigenvalue weighted by Crippen LogP contribution is 2.40. The minimum absolute atomic E-state index is 0. The van der Waals surface area contributed by atoms with Crippen LogP contribution in [0.4, 0.5) is 17.6 Å². The third-order valence-electron chi connectivity index (χ3n) is 2.88. The maximum atomic E-state index is 12.7. The molecular formula is C12H14ClF4NO. The van der Waals surface area contributed by atoms with Gasteiger partial charge in [-0.3, -0.25) is 0 Å². The first-order valence-electron chi connectivity index (χ1n) is 5.60. The zero-order valence-electron chi connectivity index (χ0n) is 9.86. The first-order chi connectivity index (χ1) is 8.40. The second-order valence-electron chi connectivity index (χ2n) is 4.40. The lowest BCUT2D eigenvalue weighted by Crippen LogP contribution is -2.33. The maximum Gasteiger partial charge on any atom is 0.461 e. The zero-order valence-corrected chi connectivity index (χ0v) is 10.7. The normalized spacial score (nSPS) is 16.9.